The Labute approximate surface area is 139 Å². The summed E-state index contributed by atoms with van der Waals surface area (Å²) in [4.78, 5) is 4.84. The molecule has 22 heavy (non-hydrogen) atoms. The first-order valence-electron chi connectivity index (χ1n) is 9.92. The molecule has 1 unspecified atom stereocenters. The first-order valence-corrected chi connectivity index (χ1v) is 9.92. The van der Waals surface area contributed by atoms with E-state index in [4.69, 9.17) is 0 Å². The van der Waals surface area contributed by atoms with E-state index in [1.54, 1.807) is 0 Å². The highest BCUT2D eigenvalue weighted by atomic mass is 15.3. The number of hydrogen-bond donors (Lipinski definition) is 0. The second-order valence-electron chi connectivity index (χ2n) is 7.12. The highest BCUT2D eigenvalue weighted by Crippen LogP contribution is 2.20. The van der Waals surface area contributed by atoms with Crippen LogP contribution in [0.5, 0.6) is 0 Å². The second-order valence-corrected chi connectivity index (χ2v) is 7.12. The van der Waals surface area contributed by atoms with E-state index in [1.807, 2.05) is 0 Å². The molecule has 0 aliphatic carbocycles. The summed E-state index contributed by atoms with van der Waals surface area (Å²) in [5, 5.41) is 0. The van der Waals surface area contributed by atoms with Crippen LogP contribution < -0.4 is 0 Å². The monoisotopic (exact) mass is 308 g/mol. The van der Waals surface area contributed by atoms with E-state index in [9.17, 15) is 0 Å². The van der Waals surface area contributed by atoms with Gasteiger partial charge in [0.05, 0.1) is 6.67 Å². The zero-order chi connectivity index (χ0) is 16.0. The smallest absolute Gasteiger partial charge is 0.0893 e. The molecule has 0 aromatic rings. The van der Waals surface area contributed by atoms with Crippen LogP contribution in [0.25, 0.3) is 0 Å². The molecule has 0 fully saturated rings. The van der Waals surface area contributed by atoms with Gasteiger partial charge in [-0.15, -0.1) is 0 Å². The van der Waals surface area contributed by atoms with Gasteiger partial charge < -0.3 is 9.80 Å². The molecule has 130 valence electrons. The van der Waals surface area contributed by atoms with Crippen molar-refractivity contribution in [1.29, 1.82) is 0 Å². The Bertz CT molecular complexity index is 275. The number of rotatable bonds is 14. The summed E-state index contributed by atoms with van der Waals surface area (Å²) in [6, 6.07) is 0.769. The van der Waals surface area contributed by atoms with E-state index in [0.717, 1.165) is 12.7 Å². The molecule has 0 aromatic heterocycles. The van der Waals surface area contributed by atoms with Crippen LogP contribution in [0.2, 0.25) is 0 Å². The van der Waals surface area contributed by atoms with Gasteiger partial charge in [-0.1, -0.05) is 84.5 Å². The topological polar surface area (TPSA) is 6.48 Å². The lowest BCUT2D eigenvalue weighted by atomic mass is 10.0. The summed E-state index contributed by atoms with van der Waals surface area (Å²) in [6.07, 6.45) is 22.9. The van der Waals surface area contributed by atoms with Gasteiger partial charge in [0.1, 0.15) is 0 Å². The first kappa shape index (κ1) is 19.4. The Morgan fingerprint density at radius 1 is 0.727 bits per heavy atom. The zero-order valence-electron chi connectivity index (χ0n) is 15.5. The average Bonchev–Trinajstić information content (AvgIpc) is 2.95. The van der Waals surface area contributed by atoms with Crippen molar-refractivity contribution in [3.05, 3.63) is 12.4 Å². The Kier molecular flexibility index (Phi) is 11.3. The molecule has 1 atom stereocenters. The van der Waals surface area contributed by atoms with Crippen molar-refractivity contribution in [1.82, 2.24) is 9.80 Å². The van der Waals surface area contributed by atoms with Crippen LogP contribution in [0.3, 0.4) is 0 Å². The van der Waals surface area contributed by atoms with Crippen molar-refractivity contribution < 1.29 is 0 Å². The number of hydrogen-bond acceptors (Lipinski definition) is 2. The van der Waals surface area contributed by atoms with Gasteiger partial charge in [-0.25, -0.2) is 0 Å². The predicted octanol–water partition coefficient (Wildman–Crippen LogP) is 6.14. The van der Waals surface area contributed by atoms with Gasteiger partial charge in [0.25, 0.3) is 0 Å². The maximum absolute atomic E-state index is 2.56. The first-order chi connectivity index (χ1) is 10.8. The fourth-order valence-electron chi connectivity index (χ4n) is 3.39. The minimum atomic E-state index is 0.769. The molecule has 1 heterocycles. The maximum atomic E-state index is 2.56. The average molecular weight is 309 g/mol. The third-order valence-electron chi connectivity index (χ3n) is 4.90. The third-order valence-corrected chi connectivity index (χ3v) is 4.90. The molecule has 0 radical (unpaired) electrons. The molecule has 0 amide bonds. The normalized spacial score (nSPS) is 15.8. The molecule has 2 nitrogen and oxygen atoms in total. The molecule has 0 saturated heterocycles. The van der Waals surface area contributed by atoms with Gasteiger partial charge in [-0.05, 0) is 12.8 Å². The molecule has 0 spiro atoms. The third kappa shape index (κ3) is 8.70. The quantitative estimate of drug-likeness (QED) is 0.355. The molecule has 0 N–H and O–H groups in total. The summed E-state index contributed by atoms with van der Waals surface area (Å²) in [5.74, 6) is 0. The Hall–Kier alpha value is -0.660. The van der Waals surface area contributed by atoms with E-state index < -0.39 is 0 Å². The Morgan fingerprint density at radius 3 is 1.82 bits per heavy atom. The van der Waals surface area contributed by atoms with Crippen molar-refractivity contribution in [2.24, 2.45) is 0 Å². The summed E-state index contributed by atoms with van der Waals surface area (Å²) in [6.45, 7) is 5.69. The molecule has 0 saturated carbocycles. The van der Waals surface area contributed by atoms with Gasteiger partial charge in [0.2, 0.25) is 0 Å². The molecule has 1 aliphatic rings. The van der Waals surface area contributed by atoms with Crippen LogP contribution in [0.4, 0.5) is 0 Å². The highest BCUT2D eigenvalue weighted by Gasteiger charge is 2.18. The highest BCUT2D eigenvalue weighted by molar-refractivity contribution is 4.92. The SMILES string of the molecule is CCCCCCCCCCCC(CCCC)N1C=CN(C)C1. The molecule has 1 rings (SSSR count). The van der Waals surface area contributed by atoms with Crippen LogP contribution in [-0.4, -0.2) is 29.6 Å². The van der Waals surface area contributed by atoms with E-state index in [1.165, 1.54) is 83.5 Å². The summed E-state index contributed by atoms with van der Waals surface area (Å²) < 4.78 is 0. The lowest BCUT2D eigenvalue weighted by Gasteiger charge is -2.29. The predicted molar refractivity (Wildman–Crippen MR) is 98.8 cm³/mol. The Balaban J connectivity index is 2.06. The fourth-order valence-corrected chi connectivity index (χ4v) is 3.39. The summed E-state index contributed by atoms with van der Waals surface area (Å²) in [7, 11) is 2.17. The van der Waals surface area contributed by atoms with Crippen molar-refractivity contribution >= 4 is 0 Å². The summed E-state index contributed by atoms with van der Waals surface area (Å²) >= 11 is 0. The standard InChI is InChI=1S/C20H40N2/c1-4-6-8-9-10-11-12-13-14-16-20(15-7-5-2)22-18-17-21(3)19-22/h17-18,20H,4-16,19H2,1-3H3. The lowest BCUT2D eigenvalue weighted by molar-refractivity contribution is 0.204. The van der Waals surface area contributed by atoms with E-state index in [2.05, 4.69) is 43.1 Å². The van der Waals surface area contributed by atoms with Crippen molar-refractivity contribution in [2.45, 2.75) is 103 Å². The molecular weight excluding hydrogens is 268 g/mol. The van der Waals surface area contributed by atoms with Gasteiger partial charge in [0, 0.05) is 25.5 Å². The van der Waals surface area contributed by atoms with Crippen LogP contribution in [0.1, 0.15) is 97.3 Å². The van der Waals surface area contributed by atoms with Crippen LogP contribution in [0.15, 0.2) is 12.4 Å². The molecule has 2 heteroatoms. The van der Waals surface area contributed by atoms with Gasteiger partial charge in [0.15, 0.2) is 0 Å². The van der Waals surface area contributed by atoms with E-state index in [-0.39, 0.29) is 0 Å². The fraction of sp³-hybridized carbons (Fsp3) is 0.900. The van der Waals surface area contributed by atoms with Crippen LogP contribution in [-0.2, 0) is 0 Å². The maximum Gasteiger partial charge on any atom is 0.0893 e. The molecule has 1 aliphatic heterocycles. The molecule has 0 aromatic carbocycles. The lowest BCUT2D eigenvalue weighted by Crippen LogP contribution is -2.33. The van der Waals surface area contributed by atoms with Crippen molar-refractivity contribution in [2.75, 3.05) is 13.7 Å². The second kappa shape index (κ2) is 12.8. The molecule has 0 bridgehead atoms. The van der Waals surface area contributed by atoms with E-state index in [0.29, 0.717) is 0 Å². The Morgan fingerprint density at radius 2 is 1.27 bits per heavy atom. The van der Waals surface area contributed by atoms with Gasteiger partial charge >= 0.3 is 0 Å². The van der Waals surface area contributed by atoms with Gasteiger partial charge in [-0.3, -0.25) is 0 Å². The van der Waals surface area contributed by atoms with Crippen LogP contribution >= 0.6 is 0 Å². The summed E-state index contributed by atoms with van der Waals surface area (Å²) in [5.41, 5.74) is 0. The molecular formula is C20H40N2. The largest absolute Gasteiger partial charge is 0.362 e. The minimum absolute atomic E-state index is 0.769. The van der Waals surface area contributed by atoms with Gasteiger partial charge in [-0.2, -0.15) is 0 Å². The van der Waals surface area contributed by atoms with E-state index >= 15 is 0 Å². The number of nitrogens with zero attached hydrogens (tertiary/aromatic N) is 2. The number of unbranched alkanes of at least 4 members (excludes halogenated alkanes) is 9. The van der Waals surface area contributed by atoms with Crippen molar-refractivity contribution in [3.63, 3.8) is 0 Å². The van der Waals surface area contributed by atoms with Crippen molar-refractivity contribution in [3.8, 4) is 0 Å². The minimum Gasteiger partial charge on any atom is -0.362 e. The zero-order valence-corrected chi connectivity index (χ0v) is 15.5. The van der Waals surface area contributed by atoms with Crippen LogP contribution in [0, 0.1) is 0 Å².